The van der Waals surface area contributed by atoms with E-state index in [2.05, 4.69) is 4.98 Å². The van der Waals surface area contributed by atoms with E-state index >= 15 is 0 Å². The van der Waals surface area contributed by atoms with E-state index in [9.17, 15) is 9.59 Å². The number of methoxy groups -OCH3 is 1. The lowest BCUT2D eigenvalue weighted by atomic mass is 10.1. The van der Waals surface area contributed by atoms with Crippen molar-refractivity contribution in [2.24, 2.45) is 0 Å². The van der Waals surface area contributed by atoms with Crippen LogP contribution < -0.4 is 4.90 Å². The molecular weight excluding hydrogens is 436 g/mol. The highest BCUT2D eigenvalue weighted by atomic mass is 35.5. The van der Waals surface area contributed by atoms with Crippen LogP contribution in [0.3, 0.4) is 0 Å². The molecule has 1 aliphatic heterocycles. The van der Waals surface area contributed by atoms with Crippen LogP contribution in [0.1, 0.15) is 18.4 Å². The molecule has 0 amide bonds. The molecule has 4 rings (SSSR count). The molecule has 2 aromatic heterocycles. The zero-order chi connectivity index (χ0) is 22.8. The van der Waals surface area contributed by atoms with Crippen molar-refractivity contribution in [1.82, 2.24) is 14.5 Å². The SMILES string of the molecule is COC(=O)[C@@H]1C[C@@H](OCCC(=O)O)CN1c1cc(-n2ccnc2)c2ccc(C)c(Cl)c2n1. The van der Waals surface area contributed by atoms with Crippen LogP contribution in [0.2, 0.25) is 5.02 Å². The van der Waals surface area contributed by atoms with Gasteiger partial charge in [-0.15, -0.1) is 0 Å². The van der Waals surface area contributed by atoms with E-state index in [4.69, 9.17) is 31.2 Å². The Hall–Kier alpha value is -3.17. The first-order chi connectivity index (χ1) is 15.4. The molecule has 168 valence electrons. The van der Waals surface area contributed by atoms with Gasteiger partial charge in [0.15, 0.2) is 0 Å². The number of imidazole rings is 1. The Kier molecular flexibility index (Phi) is 6.29. The molecule has 0 unspecified atom stereocenters. The Balaban J connectivity index is 1.77. The Morgan fingerprint density at radius 3 is 2.84 bits per heavy atom. The second kappa shape index (κ2) is 9.13. The number of carboxylic acids is 1. The minimum atomic E-state index is -0.935. The number of carboxylic acid groups (broad SMARTS) is 1. The maximum absolute atomic E-state index is 12.5. The Morgan fingerprint density at radius 2 is 2.16 bits per heavy atom. The molecule has 1 aromatic carbocycles. The number of benzene rings is 1. The summed E-state index contributed by atoms with van der Waals surface area (Å²) in [7, 11) is 1.34. The normalized spacial score (nSPS) is 18.3. The third-order valence-electron chi connectivity index (χ3n) is 5.56. The summed E-state index contributed by atoms with van der Waals surface area (Å²) in [5.41, 5.74) is 2.33. The fourth-order valence-electron chi connectivity index (χ4n) is 3.93. The molecule has 0 bridgehead atoms. The van der Waals surface area contributed by atoms with Gasteiger partial charge in [0.2, 0.25) is 0 Å². The van der Waals surface area contributed by atoms with Gasteiger partial charge >= 0.3 is 11.9 Å². The number of rotatable bonds is 7. The lowest BCUT2D eigenvalue weighted by Gasteiger charge is -2.25. The molecule has 3 aromatic rings. The molecule has 2 atom stereocenters. The van der Waals surface area contributed by atoms with Crippen LogP contribution in [-0.2, 0) is 19.1 Å². The first kappa shape index (κ1) is 22.0. The van der Waals surface area contributed by atoms with Gasteiger partial charge in [0, 0.05) is 36.8 Å². The second-order valence-corrected chi connectivity index (χ2v) is 8.00. The Bertz CT molecular complexity index is 1150. The number of ether oxygens (including phenoxy) is 2. The summed E-state index contributed by atoms with van der Waals surface area (Å²) in [5, 5.41) is 10.3. The molecule has 0 saturated carbocycles. The fourth-order valence-corrected chi connectivity index (χ4v) is 4.14. The molecule has 1 aliphatic rings. The Morgan fingerprint density at radius 1 is 1.34 bits per heavy atom. The van der Waals surface area contributed by atoms with E-state index in [1.165, 1.54) is 7.11 Å². The number of esters is 1. The average molecular weight is 459 g/mol. The number of anilines is 1. The number of pyridine rings is 1. The van der Waals surface area contributed by atoms with Crippen LogP contribution in [0, 0.1) is 6.92 Å². The largest absolute Gasteiger partial charge is 0.481 e. The van der Waals surface area contributed by atoms with E-state index in [0.717, 1.165) is 16.6 Å². The number of aryl methyl sites for hydroxylation is 1. The number of halogens is 1. The maximum Gasteiger partial charge on any atom is 0.328 e. The van der Waals surface area contributed by atoms with Crippen LogP contribution in [0.4, 0.5) is 5.82 Å². The number of hydrogen-bond acceptors (Lipinski definition) is 7. The van der Waals surface area contributed by atoms with Gasteiger partial charge < -0.3 is 24.0 Å². The van der Waals surface area contributed by atoms with Crippen molar-refractivity contribution in [2.75, 3.05) is 25.2 Å². The number of fused-ring (bicyclic) bond motifs is 1. The van der Waals surface area contributed by atoms with Crippen LogP contribution in [0.5, 0.6) is 0 Å². The zero-order valence-corrected chi connectivity index (χ0v) is 18.5. The summed E-state index contributed by atoms with van der Waals surface area (Å²) < 4.78 is 12.6. The monoisotopic (exact) mass is 458 g/mol. The van der Waals surface area contributed by atoms with Crippen molar-refractivity contribution >= 4 is 40.3 Å². The minimum absolute atomic E-state index is 0.0676. The summed E-state index contributed by atoms with van der Waals surface area (Å²) in [6.45, 7) is 2.34. The third kappa shape index (κ3) is 4.26. The van der Waals surface area contributed by atoms with Crippen LogP contribution in [0.15, 0.2) is 36.9 Å². The summed E-state index contributed by atoms with van der Waals surface area (Å²) in [4.78, 5) is 34.1. The van der Waals surface area contributed by atoms with E-state index < -0.39 is 18.0 Å². The number of carbonyl (C=O) groups excluding carboxylic acids is 1. The second-order valence-electron chi connectivity index (χ2n) is 7.63. The quantitative estimate of drug-likeness (QED) is 0.538. The predicted molar refractivity (Wildman–Crippen MR) is 118 cm³/mol. The van der Waals surface area contributed by atoms with Gasteiger partial charge in [0.05, 0.1) is 48.8 Å². The van der Waals surface area contributed by atoms with Crippen LogP contribution >= 0.6 is 11.6 Å². The first-order valence-electron chi connectivity index (χ1n) is 10.1. The van der Waals surface area contributed by atoms with E-state index in [0.29, 0.717) is 29.3 Å². The van der Waals surface area contributed by atoms with Gasteiger partial charge in [-0.25, -0.2) is 14.8 Å². The number of carbonyl (C=O) groups is 2. The molecule has 3 heterocycles. The summed E-state index contributed by atoms with van der Waals surface area (Å²) in [5.74, 6) is -0.792. The third-order valence-corrected chi connectivity index (χ3v) is 6.04. The summed E-state index contributed by atoms with van der Waals surface area (Å²) in [6.07, 6.45) is 5.13. The maximum atomic E-state index is 12.5. The van der Waals surface area contributed by atoms with Gasteiger partial charge in [0.1, 0.15) is 11.9 Å². The molecule has 1 fully saturated rings. The number of hydrogen-bond donors (Lipinski definition) is 1. The van der Waals surface area contributed by atoms with Gasteiger partial charge in [0.25, 0.3) is 0 Å². The molecule has 1 N–H and O–H groups in total. The van der Waals surface area contributed by atoms with Crippen molar-refractivity contribution < 1.29 is 24.2 Å². The number of aromatic nitrogens is 3. The Labute approximate surface area is 189 Å². The standard InChI is InChI=1S/C22H23ClN4O5/c1-13-3-4-15-16(26-7-6-24-12-26)10-18(25-21(15)20(13)23)27-11-14(32-8-5-19(28)29)9-17(27)22(30)31-2/h3-4,6-7,10,12,14,17H,5,8-9,11H2,1-2H3,(H,28,29)/t14-,17+/m1/s1. The lowest BCUT2D eigenvalue weighted by Crippen LogP contribution is -2.37. The highest BCUT2D eigenvalue weighted by Gasteiger charge is 2.39. The fraction of sp³-hybridized carbons (Fsp3) is 0.364. The van der Waals surface area contributed by atoms with Crippen molar-refractivity contribution in [1.29, 1.82) is 0 Å². The average Bonchev–Trinajstić information content (AvgIpc) is 3.45. The molecule has 0 radical (unpaired) electrons. The highest BCUT2D eigenvalue weighted by Crippen LogP contribution is 2.35. The van der Waals surface area contributed by atoms with E-state index in [1.807, 2.05) is 40.8 Å². The molecule has 1 saturated heterocycles. The minimum Gasteiger partial charge on any atom is -0.481 e. The highest BCUT2D eigenvalue weighted by molar-refractivity contribution is 6.36. The van der Waals surface area contributed by atoms with E-state index in [-0.39, 0.29) is 19.1 Å². The number of aliphatic carboxylic acids is 1. The van der Waals surface area contributed by atoms with Crippen molar-refractivity contribution in [2.45, 2.75) is 31.9 Å². The van der Waals surface area contributed by atoms with Crippen molar-refractivity contribution in [3.8, 4) is 5.69 Å². The van der Waals surface area contributed by atoms with Gasteiger partial charge in [-0.2, -0.15) is 0 Å². The lowest BCUT2D eigenvalue weighted by molar-refractivity contribution is -0.143. The van der Waals surface area contributed by atoms with Gasteiger partial charge in [-0.05, 0) is 12.5 Å². The molecule has 0 spiro atoms. The zero-order valence-electron chi connectivity index (χ0n) is 17.7. The summed E-state index contributed by atoms with van der Waals surface area (Å²) in [6, 6.07) is 5.17. The smallest absolute Gasteiger partial charge is 0.328 e. The molecule has 9 nitrogen and oxygen atoms in total. The first-order valence-corrected chi connectivity index (χ1v) is 10.5. The molecular formula is C22H23ClN4O5. The van der Waals surface area contributed by atoms with Crippen molar-refractivity contribution in [3.05, 3.63) is 47.5 Å². The predicted octanol–water partition coefficient (Wildman–Crippen LogP) is 2.99. The van der Waals surface area contributed by atoms with Crippen LogP contribution in [-0.4, -0.2) is 64.0 Å². The molecule has 10 heteroatoms. The summed E-state index contributed by atoms with van der Waals surface area (Å²) >= 11 is 6.61. The van der Waals surface area contributed by atoms with Gasteiger partial charge in [-0.3, -0.25) is 4.79 Å². The van der Waals surface area contributed by atoms with Crippen LogP contribution in [0.25, 0.3) is 16.6 Å². The number of nitrogens with zero attached hydrogens (tertiary/aromatic N) is 4. The molecule has 32 heavy (non-hydrogen) atoms. The van der Waals surface area contributed by atoms with Gasteiger partial charge in [-0.1, -0.05) is 23.7 Å². The van der Waals surface area contributed by atoms with Crippen molar-refractivity contribution in [3.63, 3.8) is 0 Å². The van der Waals surface area contributed by atoms with E-state index in [1.54, 1.807) is 12.5 Å². The molecule has 0 aliphatic carbocycles. The topological polar surface area (TPSA) is 107 Å².